The summed E-state index contributed by atoms with van der Waals surface area (Å²) in [6.07, 6.45) is 2.24. The maximum Gasteiger partial charge on any atom is 0.244 e. The predicted molar refractivity (Wildman–Crippen MR) is 109 cm³/mol. The van der Waals surface area contributed by atoms with Crippen molar-refractivity contribution in [1.82, 2.24) is 30.4 Å². The number of anilines is 1. The molecule has 3 N–H and O–H groups in total. The van der Waals surface area contributed by atoms with Gasteiger partial charge in [0.1, 0.15) is 6.04 Å². The van der Waals surface area contributed by atoms with E-state index in [9.17, 15) is 14.9 Å². The van der Waals surface area contributed by atoms with Crippen molar-refractivity contribution in [3.63, 3.8) is 0 Å². The molecule has 3 saturated heterocycles. The van der Waals surface area contributed by atoms with E-state index in [1.165, 1.54) is 0 Å². The second-order valence-electron chi connectivity index (χ2n) is 8.29. The van der Waals surface area contributed by atoms with Crippen molar-refractivity contribution in [2.75, 3.05) is 24.5 Å². The second-order valence-corrected chi connectivity index (χ2v) is 8.29. The molecule has 3 aliphatic heterocycles. The zero-order valence-corrected chi connectivity index (χ0v) is 16.9. The van der Waals surface area contributed by atoms with Crippen LogP contribution in [0.3, 0.4) is 0 Å². The van der Waals surface area contributed by atoms with Gasteiger partial charge in [0.25, 0.3) is 0 Å². The molecule has 11 heteroatoms. The molecule has 0 spiro atoms. The molecular weight excluding hydrogens is 398 g/mol. The van der Waals surface area contributed by atoms with Gasteiger partial charge in [-0.2, -0.15) is 5.26 Å². The second kappa shape index (κ2) is 7.72. The molecule has 2 amide bonds. The third-order valence-corrected chi connectivity index (χ3v) is 6.47. The molecule has 0 saturated carbocycles. The largest absolute Gasteiger partial charge is 0.325 e. The van der Waals surface area contributed by atoms with E-state index < -0.39 is 6.04 Å². The number of tetrazole rings is 1. The van der Waals surface area contributed by atoms with E-state index in [0.29, 0.717) is 31.9 Å². The van der Waals surface area contributed by atoms with E-state index in [2.05, 4.69) is 26.7 Å². The fraction of sp³-hybridized carbons (Fsp3) is 0.500. The molecule has 1 aromatic carbocycles. The maximum atomic E-state index is 13.1. The number of carbonyl (C=O) groups excluding carboxylic acids is 2. The molecule has 31 heavy (non-hydrogen) atoms. The zero-order chi connectivity index (χ0) is 21.5. The first-order chi connectivity index (χ1) is 15.1. The van der Waals surface area contributed by atoms with Crippen LogP contribution < -0.4 is 10.6 Å². The normalized spacial score (nSPS) is 26.5. The molecule has 4 atom stereocenters. The Morgan fingerprint density at radius 1 is 1.35 bits per heavy atom. The summed E-state index contributed by atoms with van der Waals surface area (Å²) in [6.45, 7) is 1.57. The Labute approximate surface area is 178 Å². The highest BCUT2D eigenvalue weighted by atomic mass is 16.2. The SMILES string of the molecule is N#CC1CCCN1C(=O)C(N)CN1CC2C[C@H]1C(=O)N2c1ccc(-c2nnn[nH]2)cc1. The Bertz CT molecular complexity index is 1020. The van der Waals surface area contributed by atoms with Crippen molar-refractivity contribution < 1.29 is 9.59 Å². The lowest BCUT2D eigenvalue weighted by atomic mass is 10.1. The average molecular weight is 421 g/mol. The van der Waals surface area contributed by atoms with Crippen molar-refractivity contribution in [3.05, 3.63) is 24.3 Å². The number of hydrogen-bond acceptors (Lipinski definition) is 8. The Morgan fingerprint density at radius 3 is 2.84 bits per heavy atom. The Balaban J connectivity index is 1.23. The summed E-state index contributed by atoms with van der Waals surface area (Å²) in [4.78, 5) is 31.2. The van der Waals surface area contributed by atoms with Crippen LogP contribution in [0, 0.1) is 11.3 Å². The third-order valence-electron chi connectivity index (χ3n) is 6.47. The number of H-pyrrole nitrogens is 1. The lowest BCUT2D eigenvalue weighted by Crippen LogP contribution is -2.56. The van der Waals surface area contributed by atoms with Crippen LogP contribution >= 0.6 is 0 Å². The minimum atomic E-state index is -0.732. The quantitative estimate of drug-likeness (QED) is 0.656. The molecule has 3 fully saturated rings. The summed E-state index contributed by atoms with van der Waals surface area (Å²) >= 11 is 0. The average Bonchev–Trinajstić information content (AvgIpc) is 3.57. The number of nitriles is 1. The summed E-state index contributed by atoms with van der Waals surface area (Å²) in [5.74, 6) is 0.400. The minimum absolute atomic E-state index is 0.0288. The first-order valence-electron chi connectivity index (χ1n) is 10.4. The number of carbonyl (C=O) groups is 2. The molecule has 11 nitrogen and oxygen atoms in total. The van der Waals surface area contributed by atoms with Gasteiger partial charge in [-0.3, -0.25) is 14.5 Å². The molecule has 3 aliphatic rings. The molecular formula is C20H23N9O2. The lowest BCUT2D eigenvalue weighted by Gasteiger charge is -2.35. The predicted octanol–water partition coefficient (Wildman–Crippen LogP) is -0.502. The number of benzene rings is 1. The highest BCUT2D eigenvalue weighted by Crippen LogP contribution is 2.36. The molecule has 0 aliphatic carbocycles. The third kappa shape index (κ3) is 3.34. The van der Waals surface area contributed by atoms with Gasteiger partial charge in [0.2, 0.25) is 11.8 Å². The van der Waals surface area contributed by atoms with E-state index in [1.54, 1.807) is 4.90 Å². The van der Waals surface area contributed by atoms with Gasteiger partial charge < -0.3 is 15.5 Å². The summed E-state index contributed by atoms with van der Waals surface area (Å²) < 4.78 is 0. The van der Waals surface area contributed by atoms with Gasteiger partial charge in [-0.05, 0) is 54.0 Å². The van der Waals surface area contributed by atoms with Crippen LogP contribution in [-0.4, -0.2) is 86.0 Å². The van der Waals surface area contributed by atoms with Crippen molar-refractivity contribution >= 4 is 17.5 Å². The molecule has 0 radical (unpaired) electrons. The zero-order valence-electron chi connectivity index (χ0n) is 16.9. The van der Waals surface area contributed by atoms with Gasteiger partial charge >= 0.3 is 0 Å². The van der Waals surface area contributed by atoms with Gasteiger partial charge in [-0.15, -0.1) is 5.10 Å². The number of fused-ring (bicyclic) bond motifs is 2. The topological polar surface area (TPSA) is 148 Å². The number of piperazine rings is 1. The number of aromatic nitrogens is 4. The van der Waals surface area contributed by atoms with E-state index >= 15 is 0 Å². The minimum Gasteiger partial charge on any atom is -0.325 e. The lowest BCUT2D eigenvalue weighted by molar-refractivity contribution is -0.134. The fourth-order valence-electron chi connectivity index (χ4n) is 4.97. The number of amides is 2. The number of nitrogens with two attached hydrogens (primary N) is 1. The monoisotopic (exact) mass is 421 g/mol. The van der Waals surface area contributed by atoms with Crippen molar-refractivity contribution in [2.24, 2.45) is 5.73 Å². The van der Waals surface area contributed by atoms with Gasteiger partial charge in [-0.25, -0.2) is 5.10 Å². The van der Waals surface area contributed by atoms with Crippen molar-refractivity contribution in [1.29, 1.82) is 5.26 Å². The molecule has 2 aromatic rings. The standard InChI is InChI=1S/C20H23N9O2/c21-9-14-2-1-7-28(14)19(30)16(22)11-27-10-15-8-17(27)20(31)29(15)13-5-3-12(4-6-13)18-23-25-26-24-18/h3-6,14-17H,1-2,7-8,10-11,22H2,(H,23,24,25,26)/t14?,15?,16?,17-/m0/s1. The van der Waals surface area contributed by atoms with Crippen LogP contribution in [0.2, 0.25) is 0 Å². The van der Waals surface area contributed by atoms with E-state index in [0.717, 1.165) is 24.1 Å². The van der Waals surface area contributed by atoms with E-state index in [1.807, 2.05) is 34.1 Å². The number of nitrogens with one attached hydrogen (secondary N) is 1. The summed E-state index contributed by atoms with van der Waals surface area (Å²) in [7, 11) is 0. The Kier molecular flexibility index (Phi) is 4.88. The number of aromatic amines is 1. The van der Waals surface area contributed by atoms with Crippen molar-refractivity contribution in [3.8, 4) is 17.5 Å². The fourth-order valence-corrected chi connectivity index (χ4v) is 4.97. The summed E-state index contributed by atoms with van der Waals surface area (Å²) in [5.41, 5.74) is 7.87. The summed E-state index contributed by atoms with van der Waals surface area (Å²) in [5, 5.41) is 23.0. The van der Waals surface area contributed by atoms with Crippen LogP contribution in [0.1, 0.15) is 19.3 Å². The molecule has 2 bridgehead atoms. The Hall–Kier alpha value is -3.36. The first kappa shape index (κ1) is 19.6. The highest BCUT2D eigenvalue weighted by molar-refractivity contribution is 6.01. The van der Waals surface area contributed by atoms with E-state index in [4.69, 9.17) is 5.73 Å². The number of rotatable bonds is 5. The molecule has 3 unspecified atom stereocenters. The van der Waals surface area contributed by atoms with Crippen LogP contribution in [0.5, 0.6) is 0 Å². The van der Waals surface area contributed by atoms with Gasteiger partial charge in [0.05, 0.1) is 24.2 Å². The smallest absolute Gasteiger partial charge is 0.244 e. The number of nitrogens with zero attached hydrogens (tertiary/aromatic N) is 7. The van der Waals surface area contributed by atoms with Crippen LogP contribution in [0.4, 0.5) is 5.69 Å². The van der Waals surface area contributed by atoms with Gasteiger partial charge in [0.15, 0.2) is 5.82 Å². The number of likely N-dealkylation sites (tertiary alicyclic amines) is 2. The van der Waals surface area contributed by atoms with E-state index in [-0.39, 0.29) is 29.9 Å². The van der Waals surface area contributed by atoms with Crippen molar-refractivity contribution in [2.45, 2.75) is 43.4 Å². The molecule has 5 rings (SSSR count). The highest BCUT2D eigenvalue weighted by Gasteiger charge is 2.50. The number of hydrogen-bond donors (Lipinski definition) is 2. The van der Waals surface area contributed by atoms with Gasteiger partial charge in [0, 0.05) is 30.9 Å². The van der Waals surface area contributed by atoms with Crippen LogP contribution in [0.15, 0.2) is 24.3 Å². The molecule has 4 heterocycles. The van der Waals surface area contributed by atoms with Gasteiger partial charge in [-0.1, -0.05) is 0 Å². The Morgan fingerprint density at radius 2 is 2.16 bits per heavy atom. The molecule has 160 valence electrons. The maximum absolute atomic E-state index is 13.1. The molecule has 1 aromatic heterocycles. The first-order valence-corrected chi connectivity index (χ1v) is 10.4. The van der Waals surface area contributed by atoms with Crippen LogP contribution in [0.25, 0.3) is 11.4 Å². The summed E-state index contributed by atoms with van der Waals surface area (Å²) in [6, 6.07) is 8.39. The van der Waals surface area contributed by atoms with Crippen LogP contribution in [-0.2, 0) is 9.59 Å².